The maximum atomic E-state index is 13.3. The summed E-state index contributed by atoms with van der Waals surface area (Å²) in [5, 5.41) is 2.59. The minimum absolute atomic E-state index is 0.0759. The number of carbonyl (C=O) groups excluding carboxylic acids is 2. The molecule has 0 saturated heterocycles. The molecule has 2 aliphatic rings. The van der Waals surface area contributed by atoms with Crippen LogP contribution in [0.2, 0.25) is 5.02 Å². The third kappa shape index (κ3) is 3.45. The fraction of sp³-hybridized carbons (Fsp3) is 0.250. The second kappa shape index (κ2) is 7.12. The van der Waals surface area contributed by atoms with Gasteiger partial charge in [-0.3, -0.25) is 14.6 Å². The van der Waals surface area contributed by atoms with E-state index in [1.807, 2.05) is 18.2 Å². The monoisotopic (exact) mass is 385 g/mol. The van der Waals surface area contributed by atoms with Gasteiger partial charge in [-0.25, -0.2) is 4.39 Å². The van der Waals surface area contributed by atoms with Gasteiger partial charge in [0.25, 0.3) is 0 Å². The van der Waals surface area contributed by atoms with E-state index in [0.717, 1.165) is 25.0 Å². The van der Waals surface area contributed by atoms with Crippen LogP contribution in [0.1, 0.15) is 19.3 Å². The van der Waals surface area contributed by atoms with Crippen molar-refractivity contribution >= 4 is 46.2 Å². The molecule has 7 heteroatoms. The Kier molecular flexibility index (Phi) is 4.66. The standard InChI is InChI=1S/C20H17ClFN3O2/c21-14-10-12(8-9-15(14)22)23-19(26)11-25-18-7-2-1-5-17(18)24-16-6-3-4-13(16)20(25)27/h1-2,5,7-10,13H,3-4,6,11H2,(H,23,26)/t13-/m1/s1. The Morgan fingerprint density at radius 2 is 2.11 bits per heavy atom. The molecule has 5 nitrogen and oxygen atoms in total. The molecule has 1 N–H and O–H groups in total. The minimum atomic E-state index is -0.558. The molecule has 1 heterocycles. The summed E-state index contributed by atoms with van der Waals surface area (Å²) in [6, 6.07) is 11.3. The highest BCUT2D eigenvalue weighted by atomic mass is 35.5. The van der Waals surface area contributed by atoms with E-state index in [-0.39, 0.29) is 29.3 Å². The minimum Gasteiger partial charge on any atom is -0.324 e. The molecule has 2 aromatic carbocycles. The third-order valence-electron chi connectivity index (χ3n) is 4.83. The zero-order valence-corrected chi connectivity index (χ0v) is 15.2. The lowest BCUT2D eigenvalue weighted by atomic mass is 10.1. The van der Waals surface area contributed by atoms with Gasteiger partial charge in [-0.2, -0.15) is 0 Å². The largest absolute Gasteiger partial charge is 0.324 e. The molecule has 27 heavy (non-hydrogen) atoms. The number of rotatable bonds is 3. The smallest absolute Gasteiger partial charge is 0.244 e. The summed E-state index contributed by atoms with van der Waals surface area (Å²) in [5.74, 6) is -1.33. The van der Waals surface area contributed by atoms with Crippen molar-refractivity contribution in [3.05, 3.63) is 53.3 Å². The van der Waals surface area contributed by atoms with Crippen LogP contribution in [-0.2, 0) is 9.59 Å². The van der Waals surface area contributed by atoms with Crippen molar-refractivity contribution in [2.45, 2.75) is 19.3 Å². The number of aliphatic imine (C=N–C) groups is 1. The van der Waals surface area contributed by atoms with Crippen molar-refractivity contribution in [1.29, 1.82) is 0 Å². The van der Waals surface area contributed by atoms with Gasteiger partial charge < -0.3 is 10.2 Å². The fourth-order valence-corrected chi connectivity index (χ4v) is 3.74. The molecule has 0 aromatic heterocycles. The zero-order valence-electron chi connectivity index (χ0n) is 14.4. The molecule has 1 aliphatic carbocycles. The highest BCUT2D eigenvalue weighted by Gasteiger charge is 2.37. The fourth-order valence-electron chi connectivity index (χ4n) is 3.56. The Balaban J connectivity index is 1.59. The van der Waals surface area contributed by atoms with Crippen LogP contribution < -0.4 is 10.2 Å². The van der Waals surface area contributed by atoms with E-state index in [4.69, 9.17) is 11.6 Å². The van der Waals surface area contributed by atoms with Crippen molar-refractivity contribution in [2.24, 2.45) is 10.9 Å². The number of para-hydroxylation sites is 2. The predicted octanol–water partition coefficient (Wildman–Crippen LogP) is 4.34. The second-order valence-electron chi connectivity index (χ2n) is 6.64. The number of halogens is 2. The first kappa shape index (κ1) is 17.7. The Hall–Kier alpha value is -2.73. The molecule has 0 spiro atoms. The molecule has 1 saturated carbocycles. The number of anilines is 2. The molecule has 1 aliphatic heterocycles. The summed E-state index contributed by atoms with van der Waals surface area (Å²) in [4.78, 5) is 31.8. The van der Waals surface area contributed by atoms with E-state index in [1.54, 1.807) is 6.07 Å². The molecule has 4 rings (SSSR count). The van der Waals surface area contributed by atoms with Gasteiger partial charge in [0, 0.05) is 11.4 Å². The van der Waals surface area contributed by atoms with Gasteiger partial charge in [0.2, 0.25) is 11.8 Å². The van der Waals surface area contributed by atoms with Gasteiger partial charge >= 0.3 is 0 Å². The number of nitrogens with one attached hydrogen (secondary N) is 1. The van der Waals surface area contributed by atoms with Gasteiger partial charge in [0.05, 0.1) is 22.3 Å². The maximum absolute atomic E-state index is 13.3. The van der Waals surface area contributed by atoms with Gasteiger partial charge in [0.15, 0.2) is 0 Å². The van der Waals surface area contributed by atoms with Crippen LogP contribution >= 0.6 is 11.6 Å². The molecule has 1 fully saturated rings. The van der Waals surface area contributed by atoms with Crippen molar-refractivity contribution < 1.29 is 14.0 Å². The van der Waals surface area contributed by atoms with Gasteiger partial charge in [-0.05, 0) is 49.6 Å². The highest BCUT2D eigenvalue weighted by Crippen LogP contribution is 2.37. The first-order valence-electron chi connectivity index (χ1n) is 8.75. The number of fused-ring (bicyclic) bond motifs is 2. The summed E-state index contributed by atoms with van der Waals surface area (Å²) in [6.07, 6.45) is 2.47. The Bertz CT molecular complexity index is 960. The van der Waals surface area contributed by atoms with Crippen LogP contribution in [0.25, 0.3) is 0 Å². The number of carbonyl (C=O) groups is 2. The van der Waals surface area contributed by atoms with E-state index in [2.05, 4.69) is 10.3 Å². The second-order valence-corrected chi connectivity index (χ2v) is 7.05. The van der Waals surface area contributed by atoms with Crippen LogP contribution in [0.3, 0.4) is 0 Å². The summed E-state index contributed by atoms with van der Waals surface area (Å²) in [5.41, 5.74) is 2.58. The molecule has 0 bridgehead atoms. The molecule has 138 valence electrons. The SMILES string of the molecule is O=C(CN1C(=O)[C@@H]2CCCC2=Nc2ccccc21)Nc1ccc(F)c(Cl)c1. The number of hydrogen-bond donors (Lipinski definition) is 1. The topological polar surface area (TPSA) is 61.8 Å². The van der Waals surface area contributed by atoms with Gasteiger partial charge in [-0.15, -0.1) is 0 Å². The summed E-state index contributed by atoms with van der Waals surface area (Å²) < 4.78 is 13.3. The molecule has 0 unspecified atom stereocenters. The van der Waals surface area contributed by atoms with E-state index >= 15 is 0 Å². The Morgan fingerprint density at radius 1 is 1.30 bits per heavy atom. The van der Waals surface area contributed by atoms with Gasteiger partial charge in [0.1, 0.15) is 12.4 Å². The first-order chi connectivity index (χ1) is 13.0. The molecule has 2 amide bonds. The van der Waals surface area contributed by atoms with Gasteiger partial charge in [-0.1, -0.05) is 23.7 Å². The van der Waals surface area contributed by atoms with Crippen LogP contribution in [-0.4, -0.2) is 24.1 Å². The van der Waals surface area contributed by atoms with Crippen molar-refractivity contribution in [3.8, 4) is 0 Å². The molecule has 0 radical (unpaired) electrons. The third-order valence-corrected chi connectivity index (χ3v) is 5.12. The lowest BCUT2D eigenvalue weighted by Gasteiger charge is -2.24. The van der Waals surface area contributed by atoms with E-state index in [0.29, 0.717) is 17.1 Å². The van der Waals surface area contributed by atoms with Crippen LogP contribution in [0.4, 0.5) is 21.5 Å². The summed E-state index contributed by atoms with van der Waals surface area (Å²) >= 11 is 5.76. The maximum Gasteiger partial charge on any atom is 0.244 e. The normalized spacial score (nSPS) is 18.4. The Morgan fingerprint density at radius 3 is 2.93 bits per heavy atom. The quantitative estimate of drug-likeness (QED) is 0.854. The lowest BCUT2D eigenvalue weighted by molar-refractivity contribution is -0.122. The van der Waals surface area contributed by atoms with E-state index in [1.165, 1.54) is 23.1 Å². The zero-order chi connectivity index (χ0) is 19.0. The molecular weight excluding hydrogens is 369 g/mol. The van der Waals surface area contributed by atoms with Crippen molar-refractivity contribution in [3.63, 3.8) is 0 Å². The summed E-state index contributed by atoms with van der Waals surface area (Å²) in [7, 11) is 0. The molecule has 1 atom stereocenters. The van der Waals surface area contributed by atoms with Crippen LogP contribution in [0.5, 0.6) is 0 Å². The average Bonchev–Trinajstić information content (AvgIpc) is 3.07. The van der Waals surface area contributed by atoms with E-state index in [9.17, 15) is 14.0 Å². The van der Waals surface area contributed by atoms with Crippen LogP contribution in [0, 0.1) is 11.7 Å². The van der Waals surface area contributed by atoms with Crippen molar-refractivity contribution in [2.75, 3.05) is 16.8 Å². The number of nitrogens with zero attached hydrogens (tertiary/aromatic N) is 2. The number of hydrogen-bond acceptors (Lipinski definition) is 3. The first-order valence-corrected chi connectivity index (χ1v) is 9.13. The number of benzene rings is 2. The summed E-state index contributed by atoms with van der Waals surface area (Å²) in [6.45, 7) is -0.149. The lowest BCUT2D eigenvalue weighted by Crippen LogP contribution is -2.41. The van der Waals surface area contributed by atoms with Crippen LogP contribution in [0.15, 0.2) is 47.5 Å². The average molecular weight is 386 g/mol. The number of amides is 2. The highest BCUT2D eigenvalue weighted by molar-refractivity contribution is 6.31. The molecular formula is C20H17ClFN3O2. The predicted molar refractivity (Wildman–Crippen MR) is 103 cm³/mol. The molecule has 2 aromatic rings. The Labute approximate surface area is 160 Å². The van der Waals surface area contributed by atoms with Crippen molar-refractivity contribution in [1.82, 2.24) is 0 Å². The van der Waals surface area contributed by atoms with E-state index < -0.39 is 5.82 Å².